The average molecular weight is 440 g/mol. The van der Waals surface area contributed by atoms with Gasteiger partial charge in [-0.1, -0.05) is 39.8 Å². The molecule has 0 atom stereocenters. The Kier molecular flexibility index (Phi) is 6.13. The Morgan fingerprint density at radius 3 is 1.69 bits per heavy atom. The fourth-order valence-electron chi connectivity index (χ4n) is 4.56. The zero-order chi connectivity index (χ0) is 23.8. The van der Waals surface area contributed by atoms with E-state index in [1.165, 1.54) is 12.1 Å². The molecule has 0 unspecified atom stereocenters. The Balaban J connectivity index is 2.09. The number of aliphatic hydroxyl groups is 2. The van der Waals surface area contributed by atoms with Gasteiger partial charge in [0.05, 0.1) is 4.92 Å². The molecule has 0 saturated heterocycles. The molecule has 3 rings (SSSR count). The van der Waals surface area contributed by atoms with Gasteiger partial charge in [-0.15, -0.1) is 0 Å². The highest BCUT2D eigenvalue weighted by Crippen LogP contribution is 2.44. The number of allylic oxidation sites excluding steroid dienone is 5. The summed E-state index contributed by atoms with van der Waals surface area (Å²) >= 11 is 0. The molecule has 0 aliphatic heterocycles. The summed E-state index contributed by atoms with van der Waals surface area (Å²) in [7, 11) is 0. The molecule has 0 fully saturated rings. The molecular formula is C25H29NO6. The molecule has 2 N–H and O–H groups in total. The molecule has 0 spiro atoms. The minimum Gasteiger partial charge on any atom is -0.512 e. The number of nitro benzene ring substituents is 1. The molecule has 0 bridgehead atoms. The van der Waals surface area contributed by atoms with Gasteiger partial charge in [0, 0.05) is 54.9 Å². The number of carbonyl (C=O) groups is 2. The first-order valence-corrected chi connectivity index (χ1v) is 10.6. The van der Waals surface area contributed by atoms with Crippen molar-refractivity contribution in [3.63, 3.8) is 0 Å². The number of benzene rings is 1. The van der Waals surface area contributed by atoms with Crippen LogP contribution in [0.25, 0.3) is 6.08 Å². The van der Waals surface area contributed by atoms with Crippen LogP contribution in [0.1, 0.15) is 58.9 Å². The molecule has 0 heterocycles. The van der Waals surface area contributed by atoms with Gasteiger partial charge in [-0.2, -0.15) is 0 Å². The first kappa shape index (κ1) is 23.4. The van der Waals surface area contributed by atoms with Gasteiger partial charge in [-0.05, 0) is 28.5 Å². The van der Waals surface area contributed by atoms with Crippen molar-refractivity contribution in [2.24, 2.45) is 16.7 Å². The van der Waals surface area contributed by atoms with Gasteiger partial charge in [0.2, 0.25) is 0 Å². The van der Waals surface area contributed by atoms with E-state index in [2.05, 4.69) is 0 Å². The summed E-state index contributed by atoms with van der Waals surface area (Å²) in [5.41, 5.74) is 0.0643. The monoisotopic (exact) mass is 439 g/mol. The van der Waals surface area contributed by atoms with Crippen molar-refractivity contribution in [1.82, 2.24) is 0 Å². The van der Waals surface area contributed by atoms with Gasteiger partial charge in [-0.3, -0.25) is 19.7 Å². The number of hydrogen-bond acceptors (Lipinski definition) is 6. The zero-order valence-electron chi connectivity index (χ0n) is 18.8. The molecule has 0 radical (unpaired) electrons. The highest BCUT2D eigenvalue weighted by atomic mass is 16.6. The molecule has 0 saturated carbocycles. The number of hydrogen-bond donors (Lipinski definition) is 2. The lowest BCUT2D eigenvalue weighted by Crippen LogP contribution is -2.33. The number of ketones is 2. The lowest BCUT2D eigenvalue weighted by atomic mass is 9.68. The zero-order valence-corrected chi connectivity index (χ0v) is 18.8. The van der Waals surface area contributed by atoms with Gasteiger partial charge < -0.3 is 10.2 Å². The molecule has 2 aliphatic rings. The van der Waals surface area contributed by atoms with E-state index in [0.717, 1.165) is 0 Å². The van der Waals surface area contributed by atoms with Crippen LogP contribution in [0.3, 0.4) is 0 Å². The van der Waals surface area contributed by atoms with Gasteiger partial charge in [0.15, 0.2) is 11.6 Å². The average Bonchev–Trinajstić information content (AvgIpc) is 2.62. The van der Waals surface area contributed by atoms with Crippen molar-refractivity contribution in [1.29, 1.82) is 0 Å². The van der Waals surface area contributed by atoms with Crippen molar-refractivity contribution in [2.75, 3.05) is 0 Å². The Morgan fingerprint density at radius 1 is 0.875 bits per heavy atom. The maximum absolute atomic E-state index is 13.0. The quantitative estimate of drug-likeness (QED) is 0.454. The van der Waals surface area contributed by atoms with Crippen LogP contribution in [0.4, 0.5) is 5.69 Å². The Labute approximate surface area is 187 Å². The van der Waals surface area contributed by atoms with E-state index in [-0.39, 0.29) is 52.8 Å². The Bertz CT molecular complexity index is 1000. The molecule has 7 nitrogen and oxygen atoms in total. The van der Waals surface area contributed by atoms with E-state index in [9.17, 15) is 29.9 Å². The first-order valence-electron chi connectivity index (χ1n) is 10.6. The number of aliphatic hydroxyl groups excluding tert-OH is 2. The molecule has 7 heteroatoms. The summed E-state index contributed by atoms with van der Waals surface area (Å²) in [6, 6.07) is 5.85. The standard InChI is InChI=1S/C25H29NO6/c1-24(2)11-18(27)22(19(28)12-24)17(23-20(29)13-25(3,4)14-21(23)30)10-7-15-5-8-16(9-6-15)26(31)32/h5-10,17,27,29H,11-14H2,1-4H3/b10-7+. The predicted octanol–water partition coefficient (Wildman–Crippen LogP) is 5.63. The summed E-state index contributed by atoms with van der Waals surface area (Å²) in [6.45, 7) is 7.57. The fraction of sp³-hybridized carbons (Fsp3) is 0.440. The number of nitrogens with zero attached hydrogens (tertiary/aromatic N) is 1. The minimum absolute atomic E-state index is 0.0474. The van der Waals surface area contributed by atoms with Crippen LogP contribution < -0.4 is 0 Å². The van der Waals surface area contributed by atoms with Crippen LogP contribution in [0.2, 0.25) is 0 Å². The third-order valence-corrected chi connectivity index (χ3v) is 6.00. The molecule has 0 aromatic heterocycles. The van der Waals surface area contributed by atoms with Crippen LogP contribution in [-0.2, 0) is 9.59 Å². The summed E-state index contributed by atoms with van der Waals surface area (Å²) in [5.74, 6) is -1.53. The van der Waals surface area contributed by atoms with Crippen LogP contribution in [-0.4, -0.2) is 26.7 Å². The van der Waals surface area contributed by atoms with Gasteiger partial charge in [0.25, 0.3) is 5.69 Å². The van der Waals surface area contributed by atoms with Crippen molar-refractivity contribution in [3.8, 4) is 0 Å². The highest BCUT2D eigenvalue weighted by Gasteiger charge is 2.42. The first-order chi connectivity index (χ1) is 14.8. The Hall–Kier alpha value is -3.22. The molecular weight excluding hydrogens is 410 g/mol. The van der Waals surface area contributed by atoms with Gasteiger partial charge in [-0.25, -0.2) is 0 Å². The molecule has 170 valence electrons. The van der Waals surface area contributed by atoms with Crippen molar-refractivity contribution in [3.05, 3.63) is 68.7 Å². The van der Waals surface area contributed by atoms with Crippen LogP contribution in [0.15, 0.2) is 53.0 Å². The number of carbonyl (C=O) groups excluding carboxylic acids is 2. The number of nitro groups is 1. The summed E-state index contributed by atoms with van der Waals surface area (Å²) in [4.78, 5) is 36.5. The SMILES string of the molecule is CC1(C)CC(=O)C(C(/C=C/c2ccc([N+](=O)[O-])cc2)C2=C(O)CC(C)(C)CC2=O)=C(O)C1. The fourth-order valence-corrected chi connectivity index (χ4v) is 4.56. The predicted molar refractivity (Wildman–Crippen MR) is 121 cm³/mol. The minimum atomic E-state index is -0.891. The lowest BCUT2D eigenvalue weighted by molar-refractivity contribution is -0.384. The Morgan fingerprint density at radius 2 is 1.31 bits per heavy atom. The number of non-ortho nitro benzene ring substituents is 1. The number of rotatable bonds is 5. The normalized spacial score (nSPS) is 21.0. The van der Waals surface area contributed by atoms with E-state index >= 15 is 0 Å². The smallest absolute Gasteiger partial charge is 0.269 e. The van der Waals surface area contributed by atoms with E-state index < -0.39 is 21.7 Å². The second-order valence-corrected chi connectivity index (χ2v) is 10.3. The third-order valence-electron chi connectivity index (χ3n) is 6.00. The largest absolute Gasteiger partial charge is 0.512 e. The van der Waals surface area contributed by atoms with Gasteiger partial charge >= 0.3 is 0 Å². The number of Topliss-reactive ketones (excluding diaryl/α,β-unsaturated/α-hetero) is 2. The maximum atomic E-state index is 13.0. The van der Waals surface area contributed by atoms with E-state index in [0.29, 0.717) is 18.4 Å². The van der Waals surface area contributed by atoms with E-state index in [1.54, 1.807) is 24.3 Å². The molecule has 32 heavy (non-hydrogen) atoms. The lowest BCUT2D eigenvalue weighted by Gasteiger charge is -2.35. The van der Waals surface area contributed by atoms with Crippen LogP contribution >= 0.6 is 0 Å². The second kappa shape index (κ2) is 8.37. The van der Waals surface area contributed by atoms with Crippen LogP contribution in [0, 0.1) is 26.9 Å². The topological polar surface area (TPSA) is 118 Å². The van der Waals surface area contributed by atoms with Crippen molar-refractivity contribution in [2.45, 2.75) is 53.4 Å². The third kappa shape index (κ3) is 4.98. The molecule has 0 amide bonds. The summed E-state index contributed by atoms with van der Waals surface area (Å²) < 4.78 is 0. The second-order valence-electron chi connectivity index (χ2n) is 10.3. The van der Waals surface area contributed by atoms with E-state index in [4.69, 9.17) is 0 Å². The summed E-state index contributed by atoms with van der Waals surface area (Å²) in [5, 5.41) is 32.4. The molecule has 1 aromatic carbocycles. The van der Waals surface area contributed by atoms with Gasteiger partial charge in [0.1, 0.15) is 11.5 Å². The van der Waals surface area contributed by atoms with Crippen molar-refractivity contribution >= 4 is 23.3 Å². The highest BCUT2D eigenvalue weighted by molar-refractivity contribution is 6.04. The molecule has 1 aromatic rings. The van der Waals surface area contributed by atoms with Crippen molar-refractivity contribution < 1.29 is 24.7 Å². The molecule has 2 aliphatic carbocycles. The maximum Gasteiger partial charge on any atom is 0.269 e. The van der Waals surface area contributed by atoms with Crippen LogP contribution in [0.5, 0.6) is 0 Å². The summed E-state index contributed by atoms with van der Waals surface area (Å²) in [6.07, 6.45) is 4.30. The van der Waals surface area contributed by atoms with E-state index in [1.807, 2.05) is 27.7 Å².